The van der Waals surface area contributed by atoms with E-state index in [0.29, 0.717) is 32.3 Å². The molecular formula is C17H18F3N5O3. The van der Waals surface area contributed by atoms with Crippen molar-refractivity contribution in [3.8, 4) is 6.01 Å². The van der Waals surface area contributed by atoms with Gasteiger partial charge in [0.1, 0.15) is 0 Å². The van der Waals surface area contributed by atoms with Gasteiger partial charge in [-0.2, -0.15) is 28.1 Å². The van der Waals surface area contributed by atoms with Crippen molar-refractivity contribution >= 4 is 11.9 Å². The Balaban J connectivity index is 1.68. The van der Waals surface area contributed by atoms with E-state index in [9.17, 15) is 18.0 Å². The van der Waals surface area contributed by atoms with Crippen molar-refractivity contribution in [2.75, 3.05) is 38.3 Å². The molecule has 150 valence electrons. The van der Waals surface area contributed by atoms with Crippen LogP contribution in [0.15, 0.2) is 24.3 Å². The van der Waals surface area contributed by atoms with Gasteiger partial charge < -0.3 is 19.7 Å². The SMILES string of the molecule is COc1nc(CNC(=O)c2ccc(C(F)(F)F)cc2)nc(N2CCOCC2)n1. The van der Waals surface area contributed by atoms with Crippen molar-refractivity contribution in [2.45, 2.75) is 12.7 Å². The van der Waals surface area contributed by atoms with Gasteiger partial charge in [0.25, 0.3) is 5.91 Å². The number of rotatable bonds is 5. The maximum Gasteiger partial charge on any atom is 0.416 e. The molecule has 28 heavy (non-hydrogen) atoms. The van der Waals surface area contributed by atoms with Crippen LogP contribution in [0.1, 0.15) is 21.7 Å². The third-order valence-electron chi connectivity index (χ3n) is 4.01. The first-order valence-electron chi connectivity index (χ1n) is 8.44. The largest absolute Gasteiger partial charge is 0.467 e. The standard InChI is InChI=1S/C17H18F3N5O3/c1-27-16-23-13(22-15(24-16)25-6-8-28-9-7-25)10-21-14(26)11-2-4-12(5-3-11)17(18,19)20/h2-5H,6-10H2,1H3,(H,21,26). The molecule has 2 heterocycles. The average Bonchev–Trinajstić information content (AvgIpc) is 2.72. The monoisotopic (exact) mass is 397 g/mol. The Morgan fingerprint density at radius 1 is 1.18 bits per heavy atom. The van der Waals surface area contributed by atoms with E-state index in [1.165, 1.54) is 7.11 Å². The van der Waals surface area contributed by atoms with Crippen molar-refractivity contribution in [3.05, 3.63) is 41.2 Å². The predicted octanol–water partition coefficient (Wildman–Crippen LogP) is 1.67. The van der Waals surface area contributed by atoms with E-state index in [0.717, 1.165) is 24.3 Å². The zero-order valence-corrected chi connectivity index (χ0v) is 15.0. The molecule has 0 spiro atoms. The van der Waals surface area contributed by atoms with Crippen LogP contribution in [0.5, 0.6) is 6.01 Å². The number of nitrogens with zero attached hydrogens (tertiary/aromatic N) is 4. The summed E-state index contributed by atoms with van der Waals surface area (Å²) in [5.74, 6) is 0.142. The van der Waals surface area contributed by atoms with Gasteiger partial charge in [0.15, 0.2) is 5.82 Å². The lowest BCUT2D eigenvalue weighted by atomic mass is 10.1. The third-order valence-corrected chi connectivity index (χ3v) is 4.01. The van der Waals surface area contributed by atoms with E-state index in [1.807, 2.05) is 4.90 Å². The van der Waals surface area contributed by atoms with Crippen LogP contribution in [-0.4, -0.2) is 54.3 Å². The molecule has 3 rings (SSSR count). The second-order valence-corrected chi connectivity index (χ2v) is 5.90. The molecule has 11 heteroatoms. The molecule has 1 N–H and O–H groups in total. The van der Waals surface area contributed by atoms with Crippen LogP contribution in [0.2, 0.25) is 0 Å². The highest BCUT2D eigenvalue weighted by molar-refractivity contribution is 5.94. The van der Waals surface area contributed by atoms with E-state index in [-0.39, 0.29) is 23.9 Å². The maximum atomic E-state index is 12.6. The lowest BCUT2D eigenvalue weighted by Crippen LogP contribution is -2.37. The van der Waals surface area contributed by atoms with Crippen LogP contribution >= 0.6 is 0 Å². The van der Waals surface area contributed by atoms with Crippen LogP contribution < -0.4 is 15.0 Å². The van der Waals surface area contributed by atoms with Gasteiger partial charge in [-0.1, -0.05) is 0 Å². The number of halogens is 3. The number of alkyl halides is 3. The van der Waals surface area contributed by atoms with Gasteiger partial charge in [-0.25, -0.2) is 0 Å². The molecule has 0 unspecified atom stereocenters. The van der Waals surface area contributed by atoms with Crippen LogP contribution in [0.4, 0.5) is 19.1 Å². The summed E-state index contributed by atoms with van der Waals surface area (Å²) in [6.07, 6.45) is -4.45. The van der Waals surface area contributed by atoms with Gasteiger partial charge in [-0.05, 0) is 24.3 Å². The Morgan fingerprint density at radius 3 is 2.46 bits per heavy atom. The number of carbonyl (C=O) groups is 1. The van der Waals surface area contributed by atoms with E-state index in [1.54, 1.807) is 0 Å². The summed E-state index contributed by atoms with van der Waals surface area (Å²) in [5, 5.41) is 2.58. The fourth-order valence-corrected chi connectivity index (χ4v) is 2.53. The second kappa shape index (κ2) is 8.38. The summed E-state index contributed by atoms with van der Waals surface area (Å²) >= 11 is 0. The molecule has 0 bridgehead atoms. The van der Waals surface area contributed by atoms with E-state index >= 15 is 0 Å². The molecule has 1 aromatic carbocycles. The Bertz CT molecular complexity index is 824. The van der Waals surface area contributed by atoms with Crippen molar-refractivity contribution in [1.82, 2.24) is 20.3 Å². The summed E-state index contributed by atoms with van der Waals surface area (Å²) in [6, 6.07) is 4.06. The van der Waals surface area contributed by atoms with E-state index < -0.39 is 17.6 Å². The van der Waals surface area contributed by atoms with E-state index in [4.69, 9.17) is 9.47 Å². The van der Waals surface area contributed by atoms with Gasteiger partial charge in [0, 0.05) is 18.7 Å². The Morgan fingerprint density at radius 2 is 1.86 bits per heavy atom. The molecule has 0 atom stereocenters. The third kappa shape index (κ3) is 4.85. The second-order valence-electron chi connectivity index (χ2n) is 5.90. The summed E-state index contributed by atoms with van der Waals surface area (Å²) in [6.45, 7) is 2.30. The number of methoxy groups -OCH3 is 1. The Hall–Kier alpha value is -2.95. The fraction of sp³-hybridized carbons (Fsp3) is 0.412. The highest BCUT2D eigenvalue weighted by Crippen LogP contribution is 2.29. The van der Waals surface area contributed by atoms with Crippen LogP contribution in [0, 0.1) is 0 Å². The van der Waals surface area contributed by atoms with Gasteiger partial charge in [-0.3, -0.25) is 4.79 Å². The molecular weight excluding hydrogens is 379 g/mol. The molecule has 1 aliphatic rings. The minimum absolute atomic E-state index is 0.0317. The zero-order valence-electron chi connectivity index (χ0n) is 15.0. The number of hydrogen-bond acceptors (Lipinski definition) is 7. The fourth-order valence-electron chi connectivity index (χ4n) is 2.53. The van der Waals surface area contributed by atoms with Crippen molar-refractivity contribution < 1.29 is 27.4 Å². The molecule has 1 aliphatic heterocycles. The lowest BCUT2D eigenvalue weighted by molar-refractivity contribution is -0.137. The van der Waals surface area contributed by atoms with Crippen LogP contribution in [-0.2, 0) is 17.5 Å². The predicted molar refractivity (Wildman–Crippen MR) is 92.0 cm³/mol. The first-order valence-corrected chi connectivity index (χ1v) is 8.44. The summed E-state index contributed by atoms with van der Waals surface area (Å²) in [7, 11) is 1.42. The van der Waals surface area contributed by atoms with Gasteiger partial charge in [-0.15, -0.1) is 0 Å². The molecule has 0 radical (unpaired) electrons. The quantitative estimate of drug-likeness (QED) is 0.821. The number of amides is 1. The van der Waals surface area contributed by atoms with Gasteiger partial charge in [0.05, 0.1) is 32.4 Å². The number of aromatic nitrogens is 3. The minimum atomic E-state index is -4.45. The first kappa shape index (κ1) is 19.8. The number of benzene rings is 1. The number of ether oxygens (including phenoxy) is 2. The summed E-state index contributed by atoms with van der Waals surface area (Å²) < 4.78 is 48.2. The number of hydrogen-bond donors (Lipinski definition) is 1. The number of carbonyl (C=O) groups excluding carboxylic acids is 1. The highest BCUT2D eigenvalue weighted by atomic mass is 19.4. The van der Waals surface area contributed by atoms with Gasteiger partial charge >= 0.3 is 12.2 Å². The molecule has 1 aromatic heterocycles. The highest BCUT2D eigenvalue weighted by Gasteiger charge is 2.30. The molecule has 1 fully saturated rings. The van der Waals surface area contributed by atoms with Gasteiger partial charge in [0.2, 0.25) is 5.95 Å². The molecule has 0 saturated carbocycles. The van der Waals surface area contributed by atoms with Crippen LogP contribution in [0.3, 0.4) is 0 Å². The molecule has 8 nitrogen and oxygen atoms in total. The molecule has 0 aliphatic carbocycles. The number of nitrogens with one attached hydrogen (secondary N) is 1. The van der Waals surface area contributed by atoms with Crippen molar-refractivity contribution in [3.63, 3.8) is 0 Å². The summed E-state index contributed by atoms with van der Waals surface area (Å²) in [5.41, 5.74) is -0.719. The first-order chi connectivity index (χ1) is 13.4. The molecule has 1 saturated heterocycles. The summed E-state index contributed by atoms with van der Waals surface area (Å²) in [4.78, 5) is 26.7. The average molecular weight is 397 g/mol. The molecule has 1 amide bonds. The maximum absolute atomic E-state index is 12.6. The Labute approximate surface area is 158 Å². The minimum Gasteiger partial charge on any atom is -0.467 e. The normalized spacial score (nSPS) is 14.6. The number of morpholine rings is 1. The van der Waals surface area contributed by atoms with Crippen molar-refractivity contribution in [2.24, 2.45) is 0 Å². The Kier molecular flexibility index (Phi) is 5.93. The van der Waals surface area contributed by atoms with Crippen molar-refractivity contribution in [1.29, 1.82) is 0 Å². The lowest BCUT2D eigenvalue weighted by Gasteiger charge is -2.26. The number of anilines is 1. The smallest absolute Gasteiger partial charge is 0.416 e. The zero-order chi connectivity index (χ0) is 20.1. The topological polar surface area (TPSA) is 89.5 Å². The molecule has 2 aromatic rings. The van der Waals surface area contributed by atoms with Crippen LogP contribution in [0.25, 0.3) is 0 Å². The van der Waals surface area contributed by atoms with E-state index in [2.05, 4.69) is 20.3 Å².